The predicted molar refractivity (Wildman–Crippen MR) is 78.1 cm³/mol. The van der Waals surface area contributed by atoms with E-state index >= 15 is 0 Å². The molecule has 0 bridgehead atoms. The molecule has 2 unspecified atom stereocenters. The third kappa shape index (κ3) is 3.76. The van der Waals surface area contributed by atoms with Gasteiger partial charge in [-0.2, -0.15) is 0 Å². The van der Waals surface area contributed by atoms with Crippen molar-refractivity contribution in [3.8, 4) is 0 Å². The Morgan fingerprint density at radius 1 is 1.29 bits per heavy atom. The van der Waals surface area contributed by atoms with Crippen molar-refractivity contribution < 1.29 is 19.0 Å². The Hall–Kier alpha value is -0.650. The van der Waals surface area contributed by atoms with E-state index in [0.717, 1.165) is 19.6 Å². The molecular formula is C16H27NO4. The van der Waals surface area contributed by atoms with Gasteiger partial charge >= 0.3 is 5.97 Å². The van der Waals surface area contributed by atoms with Gasteiger partial charge in [-0.3, -0.25) is 9.69 Å². The molecule has 3 rings (SSSR count). The van der Waals surface area contributed by atoms with E-state index in [-0.39, 0.29) is 17.7 Å². The van der Waals surface area contributed by atoms with Crippen LogP contribution in [0.5, 0.6) is 0 Å². The number of methoxy groups -OCH3 is 1. The standard InChI is InChI=1S/C16H27NO4/c1-19-15(18)10-14-12-17(8-9-20-14)11-13-4-7-16(21-13)5-2-3-6-16/h13-14H,2-12H2,1H3. The maximum Gasteiger partial charge on any atom is 0.308 e. The van der Waals surface area contributed by atoms with Crippen LogP contribution in [0.1, 0.15) is 44.9 Å². The fraction of sp³-hybridized carbons (Fsp3) is 0.938. The Labute approximate surface area is 126 Å². The first kappa shape index (κ1) is 15.3. The number of hydrogen-bond acceptors (Lipinski definition) is 5. The number of esters is 1. The van der Waals surface area contributed by atoms with Gasteiger partial charge in [-0.15, -0.1) is 0 Å². The minimum Gasteiger partial charge on any atom is -0.469 e. The van der Waals surface area contributed by atoms with Crippen LogP contribution in [0, 0.1) is 0 Å². The second kappa shape index (κ2) is 6.63. The van der Waals surface area contributed by atoms with Crippen LogP contribution in [0.2, 0.25) is 0 Å². The summed E-state index contributed by atoms with van der Waals surface area (Å²) in [7, 11) is 1.43. The maximum atomic E-state index is 11.4. The Balaban J connectivity index is 1.45. The van der Waals surface area contributed by atoms with E-state index in [9.17, 15) is 4.79 Å². The molecule has 120 valence electrons. The van der Waals surface area contributed by atoms with Crippen LogP contribution in [0.4, 0.5) is 0 Å². The van der Waals surface area contributed by atoms with Crippen LogP contribution >= 0.6 is 0 Å². The maximum absolute atomic E-state index is 11.4. The zero-order chi connectivity index (χ0) is 14.7. The summed E-state index contributed by atoms with van der Waals surface area (Å²) >= 11 is 0. The van der Waals surface area contributed by atoms with Gasteiger partial charge in [0.1, 0.15) is 0 Å². The number of rotatable bonds is 4. The molecule has 3 fully saturated rings. The molecule has 0 radical (unpaired) electrons. The summed E-state index contributed by atoms with van der Waals surface area (Å²) in [4.78, 5) is 13.7. The summed E-state index contributed by atoms with van der Waals surface area (Å²) in [6, 6.07) is 0. The number of carbonyl (C=O) groups excluding carboxylic acids is 1. The fourth-order valence-electron chi connectivity index (χ4n) is 4.04. The molecule has 5 heteroatoms. The largest absolute Gasteiger partial charge is 0.469 e. The highest BCUT2D eigenvalue weighted by atomic mass is 16.5. The van der Waals surface area contributed by atoms with Gasteiger partial charge in [-0.05, 0) is 25.7 Å². The zero-order valence-electron chi connectivity index (χ0n) is 13.0. The molecule has 3 aliphatic rings. The lowest BCUT2D eigenvalue weighted by molar-refractivity contribution is -0.146. The smallest absolute Gasteiger partial charge is 0.308 e. The Morgan fingerprint density at radius 3 is 2.86 bits per heavy atom. The Kier molecular flexibility index (Phi) is 4.82. The summed E-state index contributed by atoms with van der Waals surface area (Å²) < 4.78 is 16.8. The predicted octanol–water partition coefficient (Wildman–Crippen LogP) is 1.74. The first-order valence-corrected chi connectivity index (χ1v) is 8.28. The molecule has 1 saturated carbocycles. The highest BCUT2D eigenvalue weighted by Gasteiger charge is 2.42. The van der Waals surface area contributed by atoms with Crippen LogP contribution in [0.15, 0.2) is 0 Å². The van der Waals surface area contributed by atoms with Crippen molar-refractivity contribution in [2.75, 3.05) is 33.4 Å². The minimum atomic E-state index is -0.191. The SMILES string of the molecule is COC(=O)CC1CN(CC2CCC3(CCCC3)O2)CCO1. The highest BCUT2D eigenvalue weighted by Crippen LogP contribution is 2.43. The van der Waals surface area contributed by atoms with Gasteiger partial charge in [0.05, 0.1) is 37.9 Å². The van der Waals surface area contributed by atoms with Crippen molar-refractivity contribution >= 4 is 5.97 Å². The summed E-state index contributed by atoms with van der Waals surface area (Å²) in [6.45, 7) is 3.41. The van der Waals surface area contributed by atoms with Crippen molar-refractivity contribution in [3.63, 3.8) is 0 Å². The lowest BCUT2D eigenvalue weighted by Crippen LogP contribution is -2.46. The van der Waals surface area contributed by atoms with Crippen LogP contribution < -0.4 is 0 Å². The molecule has 5 nitrogen and oxygen atoms in total. The van der Waals surface area contributed by atoms with Crippen molar-refractivity contribution in [2.24, 2.45) is 0 Å². The monoisotopic (exact) mass is 297 g/mol. The quantitative estimate of drug-likeness (QED) is 0.740. The lowest BCUT2D eigenvalue weighted by atomic mass is 9.98. The molecule has 0 N–H and O–H groups in total. The van der Waals surface area contributed by atoms with Gasteiger partial charge in [0.2, 0.25) is 0 Å². The van der Waals surface area contributed by atoms with Crippen LogP contribution in [-0.2, 0) is 19.0 Å². The highest BCUT2D eigenvalue weighted by molar-refractivity contribution is 5.69. The third-order valence-corrected chi connectivity index (χ3v) is 5.16. The topological polar surface area (TPSA) is 48.0 Å². The van der Waals surface area contributed by atoms with E-state index in [0.29, 0.717) is 19.1 Å². The second-order valence-corrected chi connectivity index (χ2v) is 6.70. The summed E-state index contributed by atoms with van der Waals surface area (Å²) in [5.41, 5.74) is 0.211. The molecule has 2 saturated heterocycles. The van der Waals surface area contributed by atoms with E-state index in [2.05, 4.69) is 4.90 Å². The average molecular weight is 297 g/mol. The van der Waals surface area contributed by atoms with Crippen LogP contribution in [-0.4, -0.2) is 62.0 Å². The number of nitrogens with zero attached hydrogens (tertiary/aromatic N) is 1. The van der Waals surface area contributed by atoms with Crippen molar-refractivity contribution in [1.29, 1.82) is 0 Å². The molecule has 2 aliphatic heterocycles. The summed E-state index contributed by atoms with van der Waals surface area (Å²) in [6.07, 6.45) is 8.23. The second-order valence-electron chi connectivity index (χ2n) is 6.70. The lowest BCUT2D eigenvalue weighted by Gasteiger charge is -2.34. The van der Waals surface area contributed by atoms with Gasteiger partial charge in [0, 0.05) is 19.6 Å². The first-order valence-electron chi connectivity index (χ1n) is 8.28. The molecule has 0 aromatic carbocycles. The van der Waals surface area contributed by atoms with Crippen LogP contribution in [0.3, 0.4) is 0 Å². The van der Waals surface area contributed by atoms with Gasteiger partial charge in [-0.25, -0.2) is 0 Å². The number of morpholine rings is 1. The average Bonchev–Trinajstić information content (AvgIpc) is 3.10. The molecule has 0 aromatic rings. The van der Waals surface area contributed by atoms with E-state index in [1.165, 1.54) is 45.6 Å². The zero-order valence-corrected chi connectivity index (χ0v) is 13.0. The van der Waals surface area contributed by atoms with E-state index in [1.54, 1.807) is 0 Å². The molecule has 1 aliphatic carbocycles. The summed E-state index contributed by atoms with van der Waals surface area (Å²) in [5, 5.41) is 0. The Morgan fingerprint density at radius 2 is 2.10 bits per heavy atom. The molecular weight excluding hydrogens is 270 g/mol. The van der Waals surface area contributed by atoms with E-state index < -0.39 is 0 Å². The fourth-order valence-corrected chi connectivity index (χ4v) is 4.04. The van der Waals surface area contributed by atoms with E-state index in [4.69, 9.17) is 14.2 Å². The van der Waals surface area contributed by atoms with Crippen molar-refractivity contribution in [2.45, 2.75) is 62.8 Å². The van der Waals surface area contributed by atoms with Crippen molar-refractivity contribution in [1.82, 2.24) is 4.90 Å². The van der Waals surface area contributed by atoms with Gasteiger partial charge in [-0.1, -0.05) is 12.8 Å². The Bertz CT molecular complexity index is 367. The number of ether oxygens (including phenoxy) is 3. The van der Waals surface area contributed by atoms with Gasteiger partial charge in [0.15, 0.2) is 0 Å². The molecule has 0 aromatic heterocycles. The van der Waals surface area contributed by atoms with E-state index in [1.807, 2.05) is 0 Å². The molecule has 2 heterocycles. The van der Waals surface area contributed by atoms with Crippen LogP contribution in [0.25, 0.3) is 0 Å². The normalized spacial score (nSPS) is 32.6. The first-order chi connectivity index (χ1) is 10.2. The molecule has 2 atom stereocenters. The number of carbonyl (C=O) groups is 1. The number of hydrogen-bond donors (Lipinski definition) is 0. The van der Waals surface area contributed by atoms with Gasteiger partial charge < -0.3 is 14.2 Å². The molecule has 1 spiro atoms. The third-order valence-electron chi connectivity index (χ3n) is 5.16. The molecule has 0 amide bonds. The minimum absolute atomic E-state index is 0.0342. The summed E-state index contributed by atoms with van der Waals surface area (Å²) in [5.74, 6) is -0.191. The molecule has 21 heavy (non-hydrogen) atoms. The van der Waals surface area contributed by atoms with Gasteiger partial charge in [0.25, 0.3) is 0 Å². The van der Waals surface area contributed by atoms with Crippen molar-refractivity contribution in [3.05, 3.63) is 0 Å².